The van der Waals surface area contributed by atoms with E-state index in [1.54, 1.807) is 12.7 Å². The Morgan fingerprint density at radius 3 is 3.18 bits per heavy atom. The van der Waals surface area contributed by atoms with Crippen molar-refractivity contribution in [2.24, 2.45) is 5.92 Å². The number of nitrogens with zero attached hydrogens (tertiary/aromatic N) is 5. The Bertz CT molecular complexity index is 611. The summed E-state index contributed by atoms with van der Waals surface area (Å²) in [6.07, 6.45) is 5.59. The summed E-state index contributed by atoms with van der Waals surface area (Å²) in [4.78, 5) is 22.5. The van der Waals surface area contributed by atoms with Crippen LogP contribution in [0.5, 0.6) is 0 Å². The van der Waals surface area contributed by atoms with E-state index < -0.39 is 0 Å². The average molecular weight is 320 g/mol. The number of carbonyl (C=O) groups is 1. The number of carbonyl (C=O) groups excluding carboxylic acids is 1. The summed E-state index contributed by atoms with van der Waals surface area (Å²) in [5.74, 6) is 0.529. The van der Waals surface area contributed by atoms with Crippen molar-refractivity contribution in [2.75, 3.05) is 25.0 Å². The van der Waals surface area contributed by atoms with Crippen molar-refractivity contribution >= 4 is 22.4 Å². The van der Waals surface area contributed by atoms with Gasteiger partial charge in [-0.2, -0.15) is 5.10 Å². The zero-order valence-electron chi connectivity index (χ0n) is 12.6. The van der Waals surface area contributed by atoms with Gasteiger partial charge in [0.1, 0.15) is 12.7 Å². The lowest BCUT2D eigenvalue weighted by atomic mass is 9.98. The minimum Gasteiger partial charge on any atom is -0.301 e. The summed E-state index contributed by atoms with van der Waals surface area (Å²) < 4.78 is 1.87. The van der Waals surface area contributed by atoms with Crippen molar-refractivity contribution < 1.29 is 4.79 Å². The third-order valence-electron chi connectivity index (χ3n) is 3.75. The van der Waals surface area contributed by atoms with Gasteiger partial charge in [-0.15, -0.1) is 11.3 Å². The van der Waals surface area contributed by atoms with E-state index in [1.165, 1.54) is 17.8 Å². The molecule has 1 aliphatic rings. The Labute approximate surface area is 133 Å². The highest BCUT2D eigenvalue weighted by molar-refractivity contribution is 7.13. The second-order valence-corrected chi connectivity index (χ2v) is 6.56. The highest BCUT2D eigenvalue weighted by Gasteiger charge is 2.22. The number of anilines is 1. The highest BCUT2D eigenvalue weighted by atomic mass is 32.1. The zero-order valence-corrected chi connectivity index (χ0v) is 13.4. The molecule has 1 N–H and O–H groups in total. The maximum atomic E-state index is 12.1. The summed E-state index contributed by atoms with van der Waals surface area (Å²) in [6.45, 7) is 5.10. The van der Waals surface area contributed by atoms with Crippen LogP contribution in [-0.4, -0.2) is 50.2 Å². The molecule has 3 heterocycles. The van der Waals surface area contributed by atoms with Crippen LogP contribution in [0.3, 0.4) is 0 Å². The summed E-state index contributed by atoms with van der Waals surface area (Å²) in [5, 5.41) is 9.64. The Morgan fingerprint density at radius 1 is 1.55 bits per heavy atom. The molecule has 3 rings (SSSR count). The molecule has 0 unspecified atom stereocenters. The summed E-state index contributed by atoms with van der Waals surface area (Å²) >= 11 is 1.46. The number of hydrogen-bond donors (Lipinski definition) is 1. The number of hydrogen-bond acceptors (Lipinski definition) is 6. The van der Waals surface area contributed by atoms with Gasteiger partial charge in [0.2, 0.25) is 5.91 Å². The van der Waals surface area contributed by atoms with Gasteiger partial charge < -0.3 is 5.32 Å². The van der Waals surface area contributed by atoms with Crippen LogP contribution in [0, 0.1) is 12.8 Å². The maximum Gasteiger partial charge on any atom is 0.240 e. The fourth-order valence-electron chi connectivity index (χ4n) is 2.81. The first-order valence-electron chi connectivity index (χ1n) is 7.46. The topological polar surface area (TPSA) is 75.9 Å². The first kappa shape index (κ1) is 15.1. The summed E-state index contributed by atoms with van der Waals surface area (Å²) in [5.41, 5.74) is 0.936. The van der Waals surface area contributed by atoms with Crippen LogP contribution in [0.25, 0.3) is 0 Å². The van der Waals surface area contributed by atoms with Gasteiger partial charge in [-0.05, 0) is 32.2 Å². The van der Waals surface area contributed by atoms with Crippen LogP contribution in [0.2, 0.25) is 0 Å². The molecule has 7 nitrogen and oxygen atoms in total. The number of thiazole rings is 1. The minimum absolute atomic E-state index is 0.00996. The average Bonchev–Trinajstić information content (AvgIpc) is 3.11. The van der Waals surface area contributed by atoms with Gasteiger partial charge in [-0.3, -0.25) is 14.4 Å². The van der Waals surface area contributed by atoms with Crippen LogP contribution in [0.1, 0.15) is 18.5 Å². The predicted octanol–water partition coefficient (Wildman–Crippen LogP) is 1.39. The third kappa shape index (κ3) is 4.11. The Hall–Kier alpha value is -1.80. The lowest BCUT2D eigenvalue weighted by molar-refractivity contribution is -0.117. The largest absolute Gasteiger partial charge is 0.301 e. The molecule has 8 heteroatoms. The van der Waals surface area contributed by atoms with Crippen LogP contribution in [-0.2, 0) is 11.3 Å². The lowest BCUT2D eigenvalue weighted by Crippen LogP contribution is -2.41. The van der Waals surface area contributed by atoms with Gasteiger partial charge in [0, 0.05) is 18.5 Å². The molecule has 1 saturated heterocycles. The molecule has 1 fully saturated rings. The van der Waals surface area contributed by atoms with Crippen LogP contribution in [0.15, 0.2) is 18.0 Å². The Kier molecular flexibility index (Phi) is 4.79. The van der Waals surface area contributed by atoms with E-state index >= 15 is 0 Å². The number of aromatic nitrogens is 4. The van der Waals surface area contributed by atoms with Crippen molar-refractivity contribution in [1.29, 1.82) is 0 Å². The standard InChI is InChI=1S/C14H20N6OS/c1-11-8-22-14(17-11)18-13(21)7-19-4-2-3-12(5-19)6-20-10-15-9-16-20/h8-10,12H,2-7H2,1H3,(H,17,18,21)/t12-/m0/s1. The molecule has 118 valence electrons. The zero-order chi connectivity index (χ0) is 15.4. The van der Waals surface area contributed by atoms with E-state index in [0.29, 0.717) is 17.6 Å². The van der Waals surface area contributed by atoms with Crippen molar-refractivity contribution in [3.8, 4) is 0 Å². The van der Waals surface area contributed by atoms with Crippen molar-refractivity contribution in [3.05, 3.63) is 23.7 Å². The summed E-state index contributed by atoms with van der Waals surface area (Å²) in [7, 11) is 0. The van der Waals surface area contributed by atoms with E-state index in [1.807, 2.05) is 17.0 Å². The Balaban J connectivity index is 1.48. The molecule has 1 atom stereocenters. The molecule has 0 aromatic carbocycles. The molecule has 0 saturated carbocycles. The first-order valence-corrected chi connectivity index (χ1v) is 8.34. The number of aryl methyl sites for hydroxylation is 1. The van der Waals surface area contributed by atoms with Crippen molar-refractivity contribution in [2.45, 2.75) is 26.3 Å². The molecule has 1 amide bonds. The number of amides is 1. The molecule has 2 aromatic heterocycles. The van der Waals surface area contributed by atoms with Gasteiger partial charge in [-0.1, -0.05) is 0 Å². The normalized spacial score (nSPS) is 19.2. The molecule has 0 bridgehead atoms. The van der Waals surface area contributed by atoms with E-state index in [-0.39, 0.29) is 5.91 Å². The minimum atomic E-state index is 0.00996. The third-order valence-corrected chi connectivity index (χ3v) is 4.62. The molecule has 0 aliphatic carbocycles. The number of likely N-dealkylation sites (tertiary alicyclic amines) is 1. The quantitative estimate of drug-likeness (QED) is 0.901. The van der Waals surface area contributed by atoms with E-state index in [9.17, 15) is 4.79 Å². The smallest absolute Gasteiger partial charge is 0.240 e. The van der Waals surface area contributed by atoms with E-state index in [2.05, 4.69) is 25.3 Å². The molecular weight excluding hydrogens is 300 g/mol. The van der Waals surface area contributed by atoms with Gasteiger partial charge in [0.05, 0.1) is 12.2 Å². The number of piperidine rings is 1. The predicted molar refractivity (Wildman–Crippen MR) is 84.7 cm³/mol. The molecule has 22 heavy (non-hydrogen) atoms. The van der Waals surface area contributed by atoms with Gasteiger partial charge in [0.15, 0.2) is 5.13 Å². The maximum absolute atomic E-state index is 12.1. The Morgan fingerprint density at radius 2 is 2.45 bits per heavy atom. The fourth-order valence-corrected chi connectivity index (χ4v) is 3.51. The van der Waals surface area contributed by atoms with E-state index in [0.717, 1.165) is 31.7 Å². The van der Waals surface area contributed by atoms with E-state index in [4.69, 9.17) is 0 Å². The molecule has 1 aliphatic heterocycles. The van der Waals surface area contributed by atoms with Crippen LogP contribution >= 0.6 is 11.3 Å². The second-order valence-electron chi connectivity index (χ2n) is 5.70. The lowest BCUT2D eigenvalue weighted by Gasteiger charge is -2.31. The van der Waals surface area contributed by atoms with Gasteiger partial charge >= 0.3 is 0 Å². The van der Waals surface area contributed by atoms with Crippen LogP contribution < -0.4 is 5.32 Å². The molecular formula is C14H20N6OS. The monoisotopic (exact) mass is 320 g/mol. The van der Waals surface area contributed by atoms with Crippen molar-refractivity contribution in [1.82, 2.24) is 24.6 Å². The molecule has 0 radical (unpaired) electrons. The number of nitrogens with one attached hydrogen (secondary N) is 1. The second kappa shape index (κ2) is 6.97. The SMILES string of the molecule is Cc1csc(NC(=O)CN2CCC[C@H](Cn3cncn3)C2)n1. The molecule has 2 aromatic rings. The summed E-state index contributed by atoms with van der Waals surface area (Å²) in [6, 6.07) is 0. The highest BCUT2D eigenvalue weighted by Crippen LogP contribution is 2.18. The van der Waals surface area contributed by atoms with Crippen molar-refractivity contribution in [3.63, 3.8) is 0 Å². The van der Waals surface area contributed by atoms with Gasteiger partial charge in [-0.25, -0.2) is 9.97 Å². The fraction of sp³-hybridized carbons (Fsp3) is 0.571. The number of rotatable bonds is 5. The van der Waals surface area contributed by atoms with Gasteiger partial charge in [0.25, 0.3) is 0 Å². The first-order chi connectivity index (χ1) is 10.7. The van der Waals surface area contributed by atoms with Crippen LogP contribution in [0.4, 0.5) is 5.13 Å². The molecule has 0 spiro atoms.